The Morgan fingerprint density at radius 2 is 2.06 bits per heavy atom. The van der Waals surface area contributed by atoms with Gasteiger partial charge in [-0.25, -0.2) is 8.42 Å². The summed E-state index contributed by atoms with van der Waals surface area (Å²) >= 11 is 3.76. The van der Waals surface area contributed by atoms with Crippen LogP contribution in [0.4, 0.5) is 8.78 Å². The van der Waals surface area contributed by atoms with E-state index in [9.17, 15) is 17.2 Å². The van der Waals surface area contributed by atoms with Crippen molar-refractivity contribution in [3.8, 4) is 11.8 Å². The number of ether oxygens (including phenoxy) is 1. The molecule has 0 bridgehead atoms. The van der Waals surface area contributed by atoms with Gasteiger partial charge in [0.05, 0.1) is 10.5 Å². The van der Waals surface area contributed by atoms with Gasteiger partial charge in [-0.1, -0.05) is 0 Å². The molecular formula is C8H4ClF2NO3S2. The highest BCUT2D eigenvalue weighted by Gasteiger charge is 2.23. The zero-order valence-corrected chi connectivity index (χ0v) is 10.4. The molecule has 0 saturated heterocycles. The molecule has 1 rings (SSSR count). The molecule has 4 nitrogen and oxygen atoms in total. The summed E-state index contributed by atoms with van der Waals surface area (Å²) in [5, 5.41) is 8.65. The molecule has 0 aliphatic carbocycles. The number of hydrogen-bond acceptors (Lipinski definition) is 5. The Bertz CT molecular complexity index is 583. The Balaban J connectivity index is 3.54. The molecule has 17 heavy (non-hydrogen) atoms. The molecule has 0 amide bonds. The maximum atomic E-state index is 12.1. The van der Waals surface area contributed by atoms with Gasteiger partial charge in [-0.15, -0.1) is 12.6 Å². The first-order chi connectivity index (χ1) is 7.77. The van der Waals surface area contributed by atoms with Gasteiger partial charge in [-0.2, -0.15) is 14.0 Å². The quantitative estimate of drug-likeness (QED) is 0.687. The van der Waals surface area contributed by atoms with Crippen molar-refractivity contribution in [2.24, 2.45) is 0 Å². The van der Waals surface area contributed by atoms with Crippen molar-refractivity contribution in [3.05, 3.63) is 17.7 Å². The van der Waals surface area contributed by atoms with E-state index in [1.54, 1.807) is 6.07 Å². The van der Waals surface area contributed by atoms with Crippen LogP contribution < -0.4 is 4.74 Å². The van der Waals surface area contributed by atoms with Crippen LogP contribution in [0.15, 0.2) is 21.9 Å². The molecular weight excluding hydrogens is 296 g/mol. The summed E-state index contributed by atoms with van der Waals surface area (Å²) in [5.74, 6) is -0.739. The normalized spacial score (nSPS) is 11.3. The highest BCUT2D eigenvalue weighted by atomic mass is 35.7. The van der Waals surface area contributed by atoms with Crippen LogP contribution in [0.3, 0.4) is 0 Å². The van der Waals surface area contributed by atoms with Crippen LogP contribution in [0.25, 0.3) is 0 Å². The third-order valence-electron chi connectivity index (χ3n) is 1.69. The molecule has 0 N–H and O–H groups in total. The molecule has 0 saturated carbocycles. The summed E-state index contributed by atoms with van der Waals surface area (Å²) < 4.78 is 50.5. The minimum atomic E-state index is -4.27. The second kappa shape index (κ2) is 5.08. The maximum absolute atomic E-state index is 12.1. The van der Waals surface area contributed by atoms with Gasteiger partial charge in [-0.05, 0) is 12.1 Å². The van der Waals surface area contributed by atoms with Crippen LogP contribution in [0.5, 0.6) is 5.75 Å². The van der Waals surface area contributed by atoms with Crippen LogP contribution >= 0.6 is 23.3 Å². The molecule has 0 unspecified atom stereocenters. The lowest BCUT2D eigenvalue weighted by molar-refractivity contribution is -0.0536. The van der Waals surface area contributed by atoms with E-state index in [1.165, 1.54) is 0 Å². The van der Waals surface area contributed by atoms with Gasteiger partial charge in [0.1, 0.15) is 11.0 Å². The van der Waals surface area contributed by atoms with E-state index in [2.05, 4.69) is 17.4 Å². The van der Waals surface area contributed by atoms with E-state index in [0.717, 1.165) is 12.1 Å². The number of halogens is 3. The number of thiol groups is 1. The van der Waals surface area contributed by atoms with E-state index >= 15 is 0 Å². The number of rotatable bonds is 3. The molecule has 9 heteroatoms. The fraction of sp³-hybridized carbons (Fsp3) is 0.125. The first kappa shape index (κ1) is 14.0. The second-order valence-corrected chi connectivity index (χ2v) is 5.70. The number of nitrogens with zero attached hydrogens (tertiary/aromatic N) is 1. The first-order valence-corrected chi connectivity index (χ1v) is 6.68. The first-order valence-electron chi connectivity index (χ1n) is 3.93. The molecule has 0 aromatic heterocycles. The van der Waals surface area contributed by atoms with Gasteiger partial charge in [0.25, 0.3) is 9.05 Å². The molecule has 0 aliphatic heterocycles. The van der Waals surface area contributed by atoms with E-state index < -0.39 is 26.3 Å². The average Bonchev–Trinajstić information content (AvgIpc) is 2.18. The molecule has 0 atom stereocenters. The van der Waals surface area contributed by atoms with Crippen molar-refractivity contribution in [2.45, 2.75) is 16.4 Å². The molecule has 0 fully saturated rings. The van der Waals surface area contributed by atoms with Crippen molar-refractivity contribution in [1.82, 2.24) is 0 Å². The number of nitriles is 1. The fourth-order valence-electron chi connectivity index (χ4n) is 1.04. The van der Waals surface area contributed by atoms with Crippen LogP contribution in [0.1, 0.15) is 5.56 Å². The third-order valence-corrected chi connectivity index (χ3v) is 3.47. The maximum Gasteiger partial charge on any atom is 0.387 e. The molecule has 0 radical (unpaired) electrons. The fourth-order valence-corrected chi connectivity index (χ4v) is 2.38. The standard InChI is InChI=1S/C8H4ClF2NO3S2/c9-17(13,14)5-2-1-4(3-12)7(16)6(5)15-8(10)11/h1-2,8,16H. The summed E-state index contributed by atoms with van der Waals surface area (Å²) in [6.07, 6.45) is 0. The van der Waals surface area contributed by atoms with Crippen molar-refractivity contribution in [3.63, 3.8) is 0 Å². The van der Waals surface area contributed by atoms with Gasteiger partial charge >= 0.3 is 6.61 Å². The third kappa shape index (κ3) is 3.21. The SMILES string of the molecule is N#Cc1ccc(S(=O)(=O)Cl)c(OC(F)F)c1S. The van der Waals surface area contributed by atoms with Crippen molar-refractivity contribution < 1.29 is 21.9 Å². The Kier molecular flexibility index (Phi) is 4.19. The summed E-state index contributed by atoms with van der Waals surface area (Å²) in [7, 11) is 0.774. The number of benzene rings is 1. The highest BCUT2D eigenvalue weighted by Crippen LogP contribution is 2.36. The van der Waals surface area contributed by atoms with Crippen LogP contribution in [0.2, 0.25) is 0 Å². The Morgan fingerprint density at radius 3 is 2.47 bits per heavy atom. The smallest absolute Gasteiger partial charge is 0.387 e. The lowest BCUT2D eigenvalue weighted by Crippen LogP contribution is -2.07. The van der Waals surface area contributed by atoms with E-state index in [4.69, 9.17) is 15.9 Å². The van der Waals surface area contributed by atoms with Crippen LogP contribution in [-0.2, 0) is 9.05 Å². The second-order valence-electron chi connectivity index (χ2n) is 2.72. The van der Waals surface area contributed by atoms with Gasteiger partial charge in [0, 0.05) is 10.7 Å². The zero-order chi connectivity index (χ0) is 13.2. The van der Waals surface area contributed by atoms with E-state index in [1.807, 2.05) is 0 Å². The summed E-state index contributed by atoms with van der Waals surface area (Å²) in [6.45, 7) is -3.26. The average molecular weight is 300 g/mol. The minimum Gasteiger partial charge on any atom is -0.432 e. The van der Waals surface area contributed by atoms with Gasteiger partial charge in [-0.3, -0.25) is 0 Å². The molecule has 0 aliphatic rings. The Morgan fingerprint density at radius 1 is 1.47 bits per heavy atom. The topological polar surface area (TPSA) is 67.2 Å². The van der Waals surface area contributed by atoms with Crippen LogP contribution in [-0.4, -0.2) is 15.0 Å². The van der Waals surface area contributed by atoms with Crippen molar-refractivity contribution in [1.29, 1.82) is 5.26 Å². The van der Waals surface area contributed by atoms with Gasteiger partial charge in [0.15, 0.2) is 5.75 Å². The Hall–Kier alpha value is -1.04. The van der Waals surface area contributed by atoms with Crippen molar-refractivity contribution in [2.75, 3.05) is 0 Å². The molecule has 0 heterocycles. The Labute approximate surface area is 106 Å². The zero-order valence-electron chi connectivity index (χ0n) is 7.89. The van der Waals surface area contributed by atoms with Crippen molar-refractivity contribution >= 4 is 32.4 Å². The van der Waals surface area contributed by atoms with E-state index in [-0.39, 0.29) is 10.5 Å². The lowest BCUT2D eigenvalue weighted by Gasteiger charge is -2.11. The predicted molar refractivity (Wildman–Crippen MR) is 58.1 cm³/mol. The monoisotopic (exact) mass is 299 g/mol. The predicted octanol–water partition coefficient (Wildman–Crippen LogP) is 2.38. The molecule has 92 valence electrons. The van der Waals surface area contributed by atoms with Crippen LogP contribution in [0, 0.1) is 11.3 Å². The van der Waals surface area contributed by atoms with Gasteiger partial charge in [0.2, 0.25) is 0 Å². The largest absolute Gasteiger partial charge is 0.432 e. The summed E-state index contributed by atoms with van der Waals surface area (Å²) in [5.41, 5.74) is -0.104. The van der Waals surface area contributed by atoms with Gasteiger partial charge < -0.3 is 4.74 Å². The number of alkyl halides is 2. The van der Waals surface area contributed by atoms with E-state index in [0.29, 0.717) is 0 Å². The molecule has 1 aromatic rings. The summed E-state index contributed by atoms with van der Waals surface area (Å²) in [4.78, 5) is -0.974. The number of hydrogen-bond donors (Lipinski definition) is 1. The molecule has 0 spiro atoms. The highest BCUT2D eigenvalue weighted by molar-refractivity contribution is 8.13. The lowest BCUT2D eigenvalue weighted by atomic mass is 10.2. The molecule has 1 aromatic carbocycles. The summed E-state index contributed by atoms with van der Waals surface area (Å²) in [6, 6.07) is 3.64. The minimum absolute atomic E-state index is 0.104.